The Balaban J connectivity index is 1.80. The van der Waals surface area contributed by atoms with Gasteiger partial charge in [0.1, 0.15) is 0 Å². The third-order valence-electron chi connectivity index (χ3n) is 5.01. The molecule has 0 bridgehead atoms. The Labute approximate surface area is 158 Å². The van der Waals surface area contributed by atoms with Crippen molar-refractivity contribution in [2.75, 3.05) is 5.43 Å². The van der Waals surface area contributed by atoms with Gasteiger partial charge < -0.3 is 0 Å². The van der Waals surface area contributed by atoms with Gasteiger partial charge in [0.25, 0.3) is 5.91 Å². The van der Waals surface area contributed by atoms with Crippen molar-refractivity contribution in [2.24, 2.45) is 5.41 Å². The molecule has 27 heavy (non-hydrogen) atoms. The van der Waals surface area contributed by atoms with E-state index in [4.69, 9.17) is 0 Å². The molecule has 0 fully saturated rings. The summed E-state index contributed by atoms with van der Waals surface area (Å²) in [6, 6.07) is 19.0. The topological polar surface area (TPSA) is 51.1 Å². The minimum Gasteiger partial charge on any atom is -0.294 e. The second kappa shape index (κ2) is 6.54. The summed E-state index contributed by atoms with van der Waals surface area (Å²) in [5.74, 6) is -0.0587. The van der Waals surface area contributed by atoms with Crippen LogP contribution >= 0.6 is 0 Å². The van der Waals surface area contributed by atoms with Crippen molar-refractivity contribution in [1.29, 1.82) is 0 Å². The highest BCUT2D eigenvalue weighted by Crippen LogP contribution is 2.40. The summed E-state index contributed by atoms with van der Waals surface area (Å²) < 4.78 is 1.74. The molecule has 1 N–H and O–H groups in total. The van der Waals surface area contributed by atoms with Crippen molar-refractivity contribution in [3.8, 4) is 11.1 Å². The molecule has 1 aliphatic rings. The minimum absolute atomic E-state index is 0.132. The Morgan fingerprint density at radius 3 is 2.26 bits per heavy atom. The molecule has 136 valence electrons. The molecule has 0 spiro atoms. The van der Waals surface area contributed by atoms with Crippen molar-refractivity contribution < 1.29 is 9.59 Å². The molecule has 1 aromatic heterocycles. The highest BCUT2D eigenvalue weighted by molar-refractivity contribution is 6.06. The Morgan fingerprint density at radius 1 is 0.963 bits per heavy atom. The number of nitrogens with one attached hydrogen (secondary N) is 1. The van der Waals surface area contributed by atoms with E-state index in [1.165, 1.54) is 0 Å². The Morgan fingerprint density at radius 2 is 1.59 bits per heavy atom. The molecule has 4 heteroatoms. The summed E-state index contributed by atoms with van der Waals surface area (Å²) in [5.41, 5.74) is 6.87. The fraction of sp³-hybridized carbons (Fsp3) is 0.217. The van der Waals surface area contributed by atoms with Crippen LogP contribution in [0.4, 0.5) is 0 Å². The first-order valence-electron chi connectivity index (χ1n) is 9.14. The van der Waals surface area contributed by atoms with Crippen LogP contribution in [0.3, 0.4) is 0 Å². The number of amides is 1. The monoisotopic (exact) mass is 358 g/mol. The Kier molecular flexibility index (Phi) is 4.19. The van der Waals surface area contributed by atoms with Crippen molar-refractivity contribution in [3.05, 3.63) is 83.7 Å². The summed E-state index contributed by atoms with van der Waals surface area (Å²) in [7, 11) is 0. The van der Waals surface area contributed by atoms with Crippen LogP contribution < -0.4 is 5.43 Å². The van der Waals surface area contributed by atoms with Gasteiger partial charge in [0.15, 0.2) is 5.78 Å². The first-order chi connectivity index (χ1) is 12.9. The molecular weight excluding hydrogens is 336 g/mol. The van der Waals surface area contributed by atoms with Crippen molar-refractivity contribution in [3.63, 3.8) is 0 Å². The largest absolute Gasteiger partial charge is 0.294 e. The normalized spacial score (nSPS) is 15.3. The third-order valence-corrected chi connectivity index (χ3v) is 5.01. The SMILES string of the molecule is CC1(C)CC(=O)c2c(-c3ccccc3)cn(NC(=O)c3ccccc3)c2C1. The van der Waals surface area contributed by atoms with Crippen LogP contribution in [-0.2, 0) is 6.42 Å². The lowest BCUT2D eigenvalue weighted by atomic mass is 9.75. The van der Waals surface area contributed by atoms with Crippen molar-refractivity contribution >= 4 is 11.7 Å². The number of carbonyl (C=O) groups excluding carboxylic acids is 2. The molecule has 0 aliphatic heterocycles. The number of benzene rings is 2. The summed E-state index contributed by atoms with van der Waals surface area (Å²) >= 11 is 0. The second-order valence-corrected chi connectivity index (χ2v) is 7.85. The van der Waals surface area contributed by atoms with Gasteiger partial charge in [-0.05, 0) is 29.5 Å². The van der Waals surface area contributed by atoms with E-state index in [0.717, 1.165) is 28.8 Å². The molecule has 1 amide bonds. The van der Waals surface area contributed by atoms with Crippen LogP contribution in [0.25, 0.3) is 11.1 Å². The minimum atomic E-state index is -0.191. The lowest BCUT2D eigenvalue weighted by molar-refractivity contribution is 0.0907. The van der Waals surface area contributed by atoms with E-state index in [1.807, 2.05) is 54.7 Å². The molecule has 0 unspecified atom stereocenters. The van der Waals surface area contributed by atoms with Crippen LogP contribution in [0.5, 0.6) is 0 Å². The molecule has 4 rings (SSSR count). The summed E-state index contributed by atoms with van der Waals surface area (Å²) in [6.45, 7) is 4.18. The van der Waals surface area contributed by atoms with Gasteiger partial charge in [-0.1, -0.05) is 62.4 Å². The van der Waals surface area contributed by atoms with Gasteiger partial charge in [0, 0.05) is 29.3 Å². The zero-order chi connectivity index (χ0) is 19.0. The van der Waals surface area contributed by atoms with Gasteiger partial charge in [0.2, 0.25) is 0 Å². The number of rotatable bonds is 3. The number of hydrogen-bond donors (Lipinski definition) is 1. The summed E-state index contributed by atoms with van der Waals surface area (Å²) in [4.78, 5) is 25.6. The number of aromatic nitrogens is 1. The number of Topliss-reactive ketones (excluding diaryl/α,β-unsaturated/α-hetero) is 1. The van der Waals surface area contributed by atoms with Crippen LogP contribution in [0.15, 0.2) is 66.9 Å². The van der Waals surface area contributed by atoms with E-state index in [1.54, 1.807) is 16.8 Å². The lowest BCUT2D eigenvalue weighted by Gasteiger charge is -2.30. The number of hydrogen-bond acceptors (Lipinski definition) is 2. The Bertz CT molecular complexity index is 1000. The molecule has 2 aromatic carbocycles. The standard InChI is InChI=1S/C23H22N2O2/c1-23(2)13-19-21(20(26)14-23)18(16-9-5-3-6-10-16)15-25(19)24-22(27)17-11-7-4-8-12-17/h3-12,15H,13-14H2,1-2H3,(H,24,27). The zero-order valence-electron chi connectivity index (χ0n) is 15.5. The van der Waals surface area contributed by atoms with Gasteiger partial charge in [0.05, 0.1) is 5.69 Å². The number of fused-ring (bicyclic) bond motifs is 1. The van der Waals surface area contributed by atoms with Gasteiger partial charge in [-0.25, -0.2) is 0 Å². The van der Waals surface area contributed by atoms with E-state index >= 15 is 0 Å². The first kappa shape index (κ1) is 17.3. The molecule has 1 heterocycles. The fourth-order valence-electron chi connectivity index (χ4n) is 3.77. The fourth-order valence-corrected chi connectivity index (χ4v) is 3.77. The molecule has 0 saturated heterocycles. The number of nitrogens with zero attached hydrogens (tertiary/aromatic N) is 1. The average molecular weight is 358 g/mol. The van der Waals surface area contributed by atoms with Crippen LogP contribution in [0, 0.1) is 5.41 Å². The van der Waals surface area contributed by atoms with Crippen LogP contribution in [0.1, 0.15) is 46.7 Å². The first-order valence-corrected chi connectivity index (χ1v) is 9.14. The summed E-state index contributed by atoms with van der Waals surface area (Å²) in [5, 5.41) is 0. The second-order valence-electron chi connectivity index (χ2n) is 7.85. The third kappa shape index (κ3) is 3.31. The lowest BCUT2D eigenvalue weighted by Crippen LogP contribution is -2.31. The van der Waals surface area contributed by atoms with E-state index in [-0.39, 0.29) is 17.1 Å². The molecular formula is C23H22N2O2. The maximum Gasteiger partial charge on any atom is 0.270 e. The molecule has 0 saturated carbocycles. The molecule has 1 aliphatic carbocycles. The van der Waals surface area contributed by atoms with Gasteiger partial charge >= 0.3 is 0 Å². The van der Waals surface area contributed by atoms with Crippen LogP contribution in [0.2, 0.25) is 0 Å². The van der Waals surface area contributed by atoms with E-state index in [0.29, 0.717) is 12.0 Å². The predicted octanol–water partition coefficient (Wildman–Crippen LogP) is 4.69. The molecule has 0 radical (unpaired) electrons. The van der Waals surface area contributed by atoms with E-state index < -0.39 is 0 Å². The predicted molar refractivity (Wildman–Crippen MR) is 106 cm³/mol. The van der Waals surface area contributed by atoms with Crippen LogP contribution in [-0.4, -0.2) is 16.4 Å². The Hall–Kier alpha value is -3.14. The van der Waals surface area contributed by atoms with Gasteiger partial charge in [-0.15, -0.1) is 0 Å². The van der Waals surface area contributed by atoms with Crippen molar-refractivity contribution in [1.82, 2.24) is 4.68 Å². The zero-order valence-corrected chi connectivity index (χ0v) is 15.5. The van der Waals surface area contributed by atoms with Crippen molar-refractivity contribution in [2.45, 2.75) is 26.7 Å². The average Bonchev–Trinajstić information content (AvgIpc) is 3.00. The maximum absolute atomic E-state index is 12.9. The highest BCUT2D eigenvalue weighted by atomic mass is 16.2. The van der Waals surface area contributed by atoms with Gasteiger partial charge in [-0.3, -0.25) is 19.7 Å². The molecule has 0 atom stereocenters. The number of carbonyl (C=O) groups is 2. The highest BCUT2D eigenvalue weighted by Gasteiger charge is 2.36. The number of ketones is 1. The molecule has 3 aromatic rings. The quantitative estimate of drug-likeness (QED) is 0.738. The smallest absolute Gasteiger partial charge is 0.270 e. The molecule has 4 nitrogen and oxygen atoms in total. The van der Waals surface area contributed by atoms with Gasteiger partial charge in [-0.2, -0.15) is 0 Å². The maximum atomic E-state index is 12.9. The van der Waals surface area contributed by atoms with E-state index in [9.17, 15) is 9.59 Å². The summed E-state index contributed by atoms with van der Waals surface area (Å²) in [6.07, 6.45) is 3.12. The van der Waals surface area contributed by atoms with E-state index in [2.05, 4.69) is 19.3 Å².